The van der Waals surface area contributed by atoms with Gasteiger partial charge in [-0.15, -0.1) is 0 Å². The Balaban J connectivity index is 1.60. The largest absolute Gasteiger partial charge is 0.334 e. The van der Waals surface area contributed by atoms with Crippen LogP contribution in [-0.4, -0.2) is 43.1 Å². The van der Waals surface area contributed by atoms with Crippen molar-refractivity contribution in [3.05, 3.63) is 52.7 Å². The molecule has 0 bridgehead atoms. The smallest absolute Gasteiger partial charge is 0.323 e. The number of imidazole rings is 1. The third-order valence-electron chi connectivity index (χ3n) is 4.61. The monoisotopic (exact) mass is 325 g/mol. The van der Waals surface area contributed by atoms with Crippen molar-refractivity contribution in [1.29, 1.82) is 0 Å². The maximum atomic E-state index is 13.0. The predicted octanol–water partition coefficient (Wildman–Crippen LogP) is 1.75. The van der Waals surface area contributed by atoms with Crippen LogP contribution in [0.1, 0.15) is 29.6 Å². The first-order valence-corrected chi connectivity index (χ1v) is 8.21. The second-order valence-corrected chi connectivity index (χ2v) is 6.22. The van der Waals surface area contributed by atoms with Crippen molar-refractivity contribution in [3.63, 3.8) is 0 Å². The molecule has 0 saturated carbocycles. The van der Waals surface area contributed by atoms with Crippen molar-refractivity contribution in [3.8, 4) is 0 Å². The van der Waals surface area contributed by atoms with Gasteiger partial charge < -0.3 is 14.9 Å². The number of amides is 1. The van der Waals surface area contributed by atoms with E-state index in [2.05, 4.69) is 15.1 Å². The van der Waals surface area contributed by atoms with Crippen molar-refractivity contribution in [2.24, 2.45) is 0 Å². The SMILES string of the molecule is O=C(c1ccc2[nH]c(=O)[nH]c2c1)N1CCCC[C@H]1Cn1cccn1. The van der Waals surface area contributed by atoms with Crippen LogP contribution in [0, 0.1) is 0 Å². The van der Waals surface area contributed by atoms with Gasteiger partial charge in [0.1, 0.15) is 0 Å². The van der Waals surface area contributed by atoms with Gasteiger partial charge in [0.25, 0.3) is 5.91 Å². The molecule has 7 heteroatoms. The zero-order chi connectivity index (χ0) is 16.5. The number of nitrogens with zero attached hydrogens (tertiary/aromatic N) is 3. The number of piperidine rings is 1. The zero-order valence-corrected chi connectivity index (χ0v) is 13.2. The number of fused-ring (bicyclic) bond motifs is 1. The third kappa shape index (κ3) is 2.73. The van der Waals surface area contributed by atoms with Crippen LogP contribution < -0.4 is 5.69 Å². The lowest BCUT2D eigenvalue weighted by molar-refractivity contribution is 0.0584. The van der Waals surface area contributed by atoms with Gasteiger partial charge in [-0.3, -0.25) is 9.48 Å². The summed E-state index contributed by atoms with van der Waals surface area (Å²) in [7, 11) is 0. The number of hydrogen-bond acceptors (Lipinski definition) is 3. The fourth-order valence-electron chi connectivity index (χ4n) is 3.41. The molecule has 0 spiro atoms. The van der Waals surface area contributed by atoms with Crippen LogP contribution >= 0.6 is 0 Å². The lowest BCUT2D eigenvalue weighted by Crippen LogP contribution is -2.45. The number of carbonyl (C=O) groups excluding carboxylic acids is 1. The predicted molar refractivity (Wildman–Crippen MR) is 89.8 cm³/mol. The van der Waals surface area contributed by atoms with Gasteiger partial charge in [-0.1, -0.05) is 0 Å². The Labute approximate surface area is 138 Å². The van der Waals surface area contributed by atoms with E-state index in [-0.39, 0.29) is 17.6 Å². The molecule has 1 aliphatic rings. The Kier molecular flexibility index (Phi) is 3.68. The van der Waals surface area contributed by atoms with Gasteiger partial charge >= 0.3 is 5.69 Å². The van der Waals surface area contributed by atoms with E-state index in [9.17, 15) is 9.59 Å². The second-order valence-electron chi connectivity index (χ2n) is 6.22. The Morgan fingerprint density at radius 2 is 2.12 bits per heavy atom. The Bertz CT molecular complexity index is 909. The fourth-order valence-corrected chi connectivity index (χ4v) is 3.41. The quantitative estimate of drug-likeness (QED) is 0.769. The first kappa shape index (κ1) is 14.7. The molecule has 24 heavy (non-hydrogen) atoms. The van der Waals surface area contributed by atoms with Crippen molar-refractivity contribution < 1.29 is 4.79 Å². The minimum absolute atomic E-state index is 0.0100. The Morgan fingerprint density at radius 3 is 2.96 bits per heavy atom. The van der Waals surface area contributed by atoms with E-state index >= 15 is 0 Å². The lowest BCUT2D eigenvalue weighted by atomic mass is 10.0. The van der Waals surface area contributed by atoms with Crippen LogP contribution in [0.4, 0.5) is 0 Å². The van der Waals surface area contributed by atoms with Gasteiger partial charge in [-0.2, -0.15) is 5.10 Å². The fraction of sp³-hybridized carbons (Fsp3) is 0.353. The van der Waals surface area contributed by atoms with Gasteiger partial charge in [0.15, 0.2) is 0 Å². The van der Waals surface area contributed by atoms with Crippen LogP contribution in [0.2, 0.25) is 0 Å². The third-order valence-corrected chi connectivity index (χ3v) is 4.61. The van der Waals surface area contributed by atoms with E-state index in [1.807, 2.05) is 21.8 Å². The molecular weight excluding hydrogens is 306 g/mol. The first-order valence-electron chi connectivity index (χ1n) is 8.21. The average molecular weight is 325 g/mol. The van der Waals surface area contributed by atoms with Gasteiger partial charge in [0, 0.05) is 24.5 Å². The van der Waals surface area contributed by atoms with Gasteiger partial charge in [0.05, 0.1) is 23.6 Å². The molecule has 7 nitrogen and oxygen atoms in total. The number of hydrogen-bond donors (Lipinski definition) is 2. The molecule has 0 radical (unpaired) electrons. The highest BCUT2D eigenvalue weighted by Crippen LogP contribution is 2.22. The first-order chi connectivity index (χ1) is 11.7. The van der Waals surface area contributed by atoms with Crippen molar-refractivity contribution in [2.45, 2.75) is 31.8 Å². The number of aromatic amines is 2. The molecule has 1 saturated heterocycles. The molecule has 3 aromatic rings. The standard InChI is InChI=1S/C17H19N5O2/c23-16(12-5-6-14-15(10-12)20-17(24)19-14)22-9-2-1-4-13(22)11-21-8-3-7-18-21/h3,5-8,10,13H,1-2,4,9,11H2,(H2,19,20,24)/t13-/m0/s1. The number of benzene rings is 1. The Morgan fingerprint density at radius 1 is 1.25 bits per heavy atom. The summed E-state index contributed by atoms with van der Waals surface area (Å²) in [5.41, 5.74) is 1.71. The normalized spacial score (nSPS) is 18.2. The summed E-state index contributed by atoms with van der Waals surface area (Å²) in [4.78, 5) is 31.7. The molecule has 1 atom stereocenters. The van der Waals surface area contributed by atoms with E-state index in [0.717, 1.165) is 25.8 Å². The maximum absolute atomic E-state index is 13.0. The highest BCUT2D eigenvalue weighted by Gasteiger charge is 2.28. The molecule has 124 valence electrons. The number of carbonyl (C=O) groups is 1. The number of aromatic nitrogens is 4. The van der Waals surface area contributed by atoms with E-state index in [1.54, 1.807) is 24.4 Å². The van der Waals surface area contributed by atoms with Gasteiger partial charge in [0.2, 0.25) is 0 Å². The average Bonchev–Trinajstić information content (AvgIpc) is 3.22. The number of likely N-dealkylation sites (tertiary alicyclic amines) is 1. The van der Waals surface area contributed by atoms with Crippen molar-refractivity contribution in [2.75, 3.05) is 6.54 Å². The van der Waals surface area contributed by atoms with Gasteiger partial charge in [-0.25, -0.2) is 4.79 Å². The Hall–Kier alpha value is -2.83. The maximum Gasteiger partial charge on any atom is 0.323 e. The van der Waals surface area contributed by atoms with Crippen molar-refractivity contribution >= 4 is 16.9 Å². The minimum atomic E-state index is -0.260. The summed E-state index contributed by atoms with van der Waals surface area (Å²) >= 11 is 0. The molecule has 1 aromatic carbocycles. The molecular formula is C17H19N5O2. The molecule has 1 aliphatic heterocycles. The molecule has 2 aromatic heterocycles. The van der Waals surface area contributed by atoms with Crippen LogP contribution in [0.5, 0.6) is 0 Å². The van der Waals surface area contributed by atoms with E-state index < -0.39 is 0 Å². The molecule has 2 N–H and O–H groups in total. The molecule has 3 heterocycles. The lowest BCUT2D eigenvalue weighted by Gasteiger charge is -2.35. The van der Waals surface area contributed by atoms with Crippen LogP contribution in [0.3, 0.4) is 0 Å². The molecule has 4 rings (SSSR count). The molecule has 0 unspecified atom stereocenters. The number of rotatable bonds is 3. The van der Waals surface area contributed by atoms with Gasteiger partial charge in [-0.05, 0) is 43.5 Å². The van der Waals surface area contributed by atoms with Crippen molar-refractivity contribution in [1.82, 2.24) is 24.6 Å². The minimum Gasteiger partial charge on any atom is -0.334 e. The number of H-pyrrole nitrogens is 2. The molecule has 0 aliphatic carbocycles. The topological polar surface area (TPSA) is 86.8 Å². The van der Waals surface area contributed by atoms with Crippen LogP contribution in [0.25, 0.3) is 11.0 Å². The van der Waals surface area contributed by atoms with Crippen LogP contribution in [-0.2, 0) is 6.54 Å². The molecule has 1 amide bonds. The summed E-state index contributed by atoms with van der Waals surface area (Å²) in [5, 5.41) is 4.26. The summed E-state index contributed by atoms with van der Waals surface area (Å²) in [6, 6.07) is 7.33. The molecule has 1 fully saturated rings. The summed E-state index contributed by atoms with van der Waals surface area (Å²) in [5.74, 6) is 0.0100. The zero-order valence-electron chi connectivity index (χ0n) is 13.2. The summed E-state index contributed by atoms with van der Waals surface area (Å²) in [6.07, 6.45) is 6.80. The van der Waals surface area contributed by atoms with E-state index in [4.69, 9.17) is 0 Å². The second kappa shape index (κ2) is 5.99. The summed E-state index contributed by atoms with van der Waals surface area (Å²) < 4.78 is 1.88. The summed E-state index contributed by atoms with van der Waals surface area (Å²) in [6.45, 7) is 1.47. The van der Waals surface area contributed by atoms with E-state index in [0.29, 0.717) is 23.1 Å². The van der Waals surface area contributed by atoms with E-state index in [1.165, 1.54) is 0 Å². The number of nitrogens with one attached hydrogen (secondary N) is 2. The highest BCUT2D eigenvalue weighted by molar-refractivity contribution is 5.97. The van der Waals surface area contributed by atoms with Crippen LogP contribution in [0.15, 0.2) is 41.5 Å². The highest BCUT2D eigenvalue weighted by atomic mass is 16.2.